The number of nitrogens with one attached hydrogen (secondary N) is 2. The van der Waals surface area contributed by atoms with Gasteiger partial charge in [0.25, 0.3) is 5.91 Å². The van der Waals surface area contributed by atoms with Crippen molar-refractivity contribution in [1.29, 1.82) is 0 Å². The Hall–Kier alpha value is -2.75. The molecule has 0 spiro atoms. The molecule has 0 aromatic carbocycles. The van der Waals surface area contributed by atoms with Gasteiger partial charge >= 0.3 is 0 Å². The average molecular weight is 488 g/mol. The fourth-order valence-electron chi connectivity index (χ4n) is 4.93. The Morgan fingerprint density at radius 3 is 2.56 bits per heavy atom. The molecule has 2 fully saturated rings. The number of likely N-dealkylation sites (tertiary alicyclic amines) is 1. The first-order valence-electron chi connectivity index (χ1n) is 12.2. The largest absolute Gasteiger partial charge is 0.349 e. The van der Waals surface area contributed by atoms with Crippen LogP contribution in [0.2, 0.25) is 0 Å². The summed E-state index contributed by atoms with van der Waals surface area (Å²) < 4.78 is 5.47. The van der Waals surface area contributed by atoms with Crippen molar-refractivity contribution in [2.75, 3.05) is 13.1 Å². The van der Waals surface area contributed by atoms with E-state index in [9.17, 15) is 14.4 Å². The molecule has 1 aliphatic carbocycles. The molecule has 0 unspecified atom stereocenters. The van der Waals surface area contributed by atoms with E-state index in [4.69, 9.17) is 4.52 Å². The monoisotopic (exact) mass is 487 g/mol. The second-order valence-electron chi connectivity index (χ2n) is 9.33. The highest BCUT2D eigenvalue weighted by atomic mass is 32.1. The number of rotatable bonds is 7. The highest BCUT2D eigenvalue weighted by Gasteiger charge is 2.38. The lowest BCUT2D eigenvalue weighted by Gasteiger charge is -2.32. The normalized spacial score (nSPS) is 18.8. The lowest BCUT2D eigenvalue weighted by molar-refractivity contribution is -0.132. The highest BCUT2D eigenvalue weighted by molar-refractivity contribution is 7.08. The summed E-state index contributed by atoms with van der Waals surface area (Å²) in [6.45, 7) is 2.76. The molecule has 3 heterocycles. The second-order valence-corrected chi connectivity index (χ2v) is 10.1. The molecule has 184 valence electrons. The zero-order valence-electron chi connectivity index (χ0n) is 19.7. The molecule has 1 saturated heterocycles. The van der Waals surface area contributed by atoms with Crippen molar-refractivity contribution >= 4 is 29.1 Å². The maximum absolute atomic E-state index is 12.7. The van der Waals surface area contributed by atoms with Crippen molar-refractivity contribution in [2.45, 2.75) is 82.7 Å². The number of aromatic nitrogens is 2. The maximum Gasteiger partial charge on any atom is 0.252 e. The van der Waals surface area contributed by atoms with E-state index in [1.54, 1.807) is 0 Å². The molecule has 9 nitrogen and oxygen atoms in total. The van der Waals surface area contributed by atoms with Crippen LogP contribution in [0.4, 0.5) is 0 Å². The molecule has 1 saturated carbocycles. The van der Waals surface area contributed by atoms with Crippen LogP contribution >= 0.6 is 11.3 Å². The van der Waals surface area contributed by atoms with Gasteiger partial charge < -0.3 is 20.1 Å². The number of carbonyl (C=O) groups excluding carboxylic acids is 3. The number of amides is 3. The van der Waals surface area contributed by atoms with E-state index < -0.39 is 5.54 Å². The third kappa shape index (κ3) is 6.02. The van der Waals surface area contributed by atoms with E-state index in [0.29, 0.717) is 43.2 Å². The number of thiophene rings is 1. The van der Waals surface area contributed by atoms with Gasteiger partial charge in [-0.2, -0.15) is 16.3 Å². The Morgan fingerprint density at radius 2 is 1.91 bits per heavy atom. The van der Waals surface area contributed by atoms with Crippen molar-refractivity contribution in [3.8, 4) is 0 Å². The van der Waals surface area contributed by atoms with Gasteiger partial charge in [-0.15, -0.1) is 0 Å². The molecule has 1 aliphatic heterocycles. The zero-order valence-corrected chi connectivity index (χ0v) is 20.5. The molecule has 0 radical (unpaired) electrons. The molecule has 2 N–H and O–H groups in total. The van der Waals surface area contributed by atoms with E-state index >= 15 is 0 Å². The van der Waals surface area contributed by atoms with E-state index in [1.807, 2.05) is 21.7 Å². The fraction of sp³-hybridized carbons (Fsp3) is 0.625. The smallest absolute Gasteiger partial charge is 0.252 e. The van der Waals surface area contributed by atoms with E-state index in [0.717, 1.165) is 51.4 Å². The predicted molar refractivity (Wildman–Crippen MR) is 127 cm³/mol. The average Bonchev–Trinajstić information content (AvgIpc) is 3.48. The summed E-state index contributed by atoms with van der Waals surface area (Å²) in [5.74, 6) is 0.847. The van der Waals surface area contributed by atoms with Crippen LogP contribution in [0.5, 0.6) is 0 Å². The Labute approximate surface area is 203 Å². The van der Waals surface area contributed by atoms with Crippen LogP contribution in [-0.4, -0.2) is 51.9 Å². The quantitative estimate of drug-likeness (QED) is 0.579. The highest BCUT2D eigenvalue weighted by Crippen LogP contribution is 2.34. The topological polar surface area (TPSA) is 117 Å². The first-order chi connectivity index (χ1) is 16.4. The molecule has 10 heteroatoms. The summed E-state index contributed by atoms with van der Waals surface area (Å²) in [5, 5.41) is 14.1. The minimum Gasteiger partial charge on any atom is -0.349 e. The SMILES string of the molecule is CC(=O)NC1(c2noc(CCC(=O)N3CCC(NC(=O)c4ccsc4)CC3)n2)CCCCCC1. The first kappa shape index (κ1) is 24.4. The van der Waals surface area contributed by atoms with Crippen LogP contribution in [0.15, 0.2) is 21.3 Å². The van der Waals surface area contributed by atoms with Crippen molar-refractivity contribution in [1.82, 2.24) is 25.7 Å². The molecule has 2 aliphatic rings. The Bertz CT molecular complexity index is 973. The number of hydrogen-bond donors (Lipinski definition) is 2. The molecule has 0 atom stereocenters. The third-order valence-electron chi connectivity index (χ3n) is 6.79. The van der Waals surface area contributed by atoms with Crippen molar-refractivity contribution in [3.05, 3.63) is 34.1 Å². The minimum atomic E-state index is -0.580. The Kier molecular flexibility index (Phi) is 7.97. The van der Waals surface area contributed by atoms with E-state index in [2.05, 4.69) is 20.8 Å². The Balaban J connectivity index is 1.27. The summed E-state index contributed by atoms with van der Waals surface area (Å²) in [6, 6.07) is 1.90. The van der Waals surface area contributed by atoms with Crippen LogP contribution in [0.3, 0.4) is 0 Å². The summed E-state index contributed by atoms with van der Waals surface area (Å²) in [5.41, 5.74) is 0.107. The van der Waals surface area contributed by atoms with Crippen LogP contribution in [0, 0.1) is 0 Å². The van der Waals surface area contributed by atoms with Gasteiger partial charge in [0, 0.05) is 49.8 Å². The molecule has 0 bridgehead atoms. The molecule has 2 aromatic rings. The van der Waals surface area contributed by atoms with Crippen LogP contribution in [0.25, 0.3) is 0 Å². The van der Waals surface area contributed by atoms with Gasteiger partial charge in [0.05, 0.1) is 0 Å². The van der Waals surface area contributed by atoms with Gasteiger partial charge in [0.2, 0.25) is 17.7 Å². The maximum atomic E-state index is 12.7. The lowest BCUT2D eigenvalue weighted by Crippen LogP contribution is -2.46. The van der Waals surface area contributed by atoms with Gasteiger partial charge in [-0.1, -0.05) is 30.8 Å². The molecule has 4 rings (SSSR count). The summed E-state index contributed by atoms with van der Waals surface area (Å²) >= 11 is 1.50. The minimum absolute atomic E-state index is 0.0494. The van der Waals surface area contributed by atoms with Gasteiger partial charge in [0.15, 0.2) is 5.82 Å². The van der Waals surface area contributed by atoms with Crippen LogP contribution < -0.4 is 10.6 Å². The second kappa shape index (κ2) is 11.1. The molecular weight excluding hydrogens is 454 g/mol. The summed E-state index contributed by atoms with van der Waals surface area (Å²) in [6.07, 6.45) is 8.02. The van der Waals surface area contributed by atoms with Gasteiger partial charge in [-0.05, 0) is 37.1 Å². The van der Waals surface area contributed by atoms with E-state index in [-0.39, 0.29) is 23.8 Å². The predicted octanol–water partition coefficient (Wildman–Crippen LogP) is 3.17. The molecular formula is C24H33N5O4S. The fourth-order valence-corrected chi connectivity index (χ4v) is 5.57. The molecule has 34 heavy (non-hydrogen) atoms. The van der Waals surface area contributed by atoms with Crippen LogP contribution in [0.1, 0.15) is 86.8 Å². The summed E-state index contributed by atoms with van der Waals surface area (Å²) in [7, 11) is 0. The standard InChI is InChI=1S/C24H33N5O4S/c1-17(30)27-24(11-4-2-3-5-12-24)23-26-20(33-28-23)6-7-21(31)29-13-8-19(9-14-29)25-22(32)18-10-15-34-16-18/h10,15-16,19H,2-9,11-14H2,1H3,(H,25,32)(H,27,30). The van der Waals surface area contributed by atoms with Crippen molar-refractivity contribution < 1.29 is 18.9 Å². The number of aryl methyl sites for hydroxylation is 1. The first-order valence-corrected chi connectivity index (χ1v) is 13.1. The molecule has 3 amide bonds. The zero-order chi connectivity index (χ0) is 24.0. The number of hydrogen-bond acceptors (Lipinski definition) is 7. The van der Waals surface area contributed by atoms with Gasteiger partial charge in [-0.3, -0.25) is 14.4 Å². The Morgan fingerprint density at radius 1 is 1.18 bits per heavy atom. The summed E-state index contributed by atoms with van der Waals surface area (Å²) in [4.78, 5) is 43.3. The van der Waals surface area contributed by atoms with E-state index in [1.165, 1.54) is 18.3 Å². The van der Waals surface area contributed by atoms with Crippen LogP contribution in [-0.2, 0) is 21.5 Å². The number of nitrogens with zero attached hydrogens (tertiary/aromatic N) is 3. The van der Waals surface area contributed by atoms with Gasteiger partial charge in [-0.25, -0.2) is 0 Å². The number of carbonyl (C=O) groups is 3. The number of piperidine rings is 1. The van der Waals surface area contributed by atoms with Crippen molar-refractivity contribution in [2.24, 2.45) is 0 Å². The van der Waals surface area contributed by atoms with Gasteiger partial charge in [0.1, 0.15) is 5.54 Å². The third-order valence-corrected chi connectivity index (χ3v) is 7.47. The molecule has 2 aromatic heterocycles. The van der Waals surface area contributed by atoms with Crippen molar-refractivity contribution in [3.63, 3.8) is 0 Å². The lowest BCUT2D eigenvalue weighted by atomic mass is 9.89.